The third-order valence-electron chi connectivity index (χ3n) is 2.94. The van der Waals surface area contributed by atoms with Crippen molar-refractivity contribution in [1.82, 2.24) is 0 Å². The smallest absolute Gasteiger partial charge is 0.526 e. The van der Waals surface area contributed by atoms with Crippen LogP contribution in [0.25, 0.3) is 0 Å². The van der Waals surface area contributed by atoms with Crippen molar-refractivity contribution < 1.29 is 18.1 Å². The van der Waals surface area contributed by atoms with Crippen molar-refractivity contribution in [3.8, 4) is 11.5 Å². The molecule has 0 aliphatic carbocycles. The van der Waals surface area contributed by atoms with Crippen LogP contribution in [0.15, 0.2) is 36.4 Å². The summed E-state index contributed by atoms with van der Waals surface area (Å²) < 4.78 is 37.8. The Morgan fingerprint density at radius 2 is 1.24 bits per heavy atom. The fraction of sp³-hybridized carbons (Fsp3) is 0.143. The van der Waals surface area contributed by atoms with Crippen LogP contribution in [0.3, 0.4) is 0 Å². The summed E-state index contributed by atoms with van der Waals surface area (Å²) in [6.45, 7) is 0.252. The van der Waals surface area contributed by atoms with Crippen molar-refractivity contribution >= 4 is 7.69 Å². The first-order chi connectivity index (χ1) is 10.2. The van der Waals surface area contributed by atoms with Gasteiger partial charge < -0.3 is 20.8 Å². The fourth-order valence-electron chi connectivity index (χ4n) is 1.90. The second-order valence-electron chi connectivity index (χ2n) is 4.27. The Balaban J connectivity index is 2.09. The second kappa shape index (κ2) is 7.05. The van der Waals surface area contributed by atoms with Gasteiger partial charge in [0.1, 0.15) is 11.5 Å². The normalized spacial score (nSPS) is 10.3. The minimum absolute atomic E-state index is 0.00522. The van der Waals surface area contributed by atoms with Gasteiger partial charge in [-0.05, 0) is 12.1 Å². The Bertz CT molecular complexity index is 572. The van der Waals surface area contributed by atoms with E-state index >= 15 is 0 Å². The number of hydrogen-bond acceptors (Lipinski definition) is 4. The molecule has 110 valence electrons. The molecule has 4 N–H and O–H groups in total. The number of para-hydroxylation sites is 2. The highest BCUT2D eigenvalue weighted by molar-refractivity contribution is 6.20. The van der Waals surface area contributed by atoms with Gasteiger partial charge in [0, 0.05) is 24.2 Å². The van der Waals surface area contributed by atoms with Gasteiger partial charge in [0.2, 0.25) is 0 Å². The summed E-state index contributed by atoms with van der Waals surface area (Å²) in [5.74, 6) is -1.08. The molecule has 0 aliphatic rings. The molecule has 2 rings (SSSR count). The molecule has 0 amide bonds. The fourth-order valence-corrected chi connectivity index (χ4v) is 1.90. The van der Waals surface area contributed by atoms with E-state index in [4.69, 9.17) is 20.8 Å². The first-order valence-electron chi connectivity index (χ1n) is 6.38. The van der Waals surface area contributed by atoms with E-state index in [2.05, 4.69) is 0 Å². The summed E-state index contributed by atoms with van der Waals surface area (Å²) >= 11 is 0. The maximum atomic E-state index is 13.7. The van der Waals surface area contributed by atoms with E-state index in [9.17, 15) is 8.78 Å². The molecule has 7 heteroatoms. The number of benzene rings is 2. The molecule has 4 nitrogen and oxygen atoms in total. The van der Waals surface area contributed by atoms with E-state index in [0.29, 0.717) is 11.1 Å². The van der Waals surface area contributed by atoms with Crippen LogP contribution in [0.5, 0.6) is 11.5 Å². The van der Waals surface area contributed by atoms with Gasteiger partial charge in [-0.15, -0.1) is 0 Å². The number of hydrogen-bond donors (Lipinski definition) is 2. The van der Waals surface area contributed by atoms with Crippen LogP contribution in [0.1, 0.15) is 11.1 Å². The predicted octanol–water partition coefficient (Wildman–Crippen LogP) is 1.61. The molecule has 0 atom stereocenters. The Hall–Kier alpha value is -2.12. The van der Waals surface area contributed by atoms with Crippen LogP contribution in [0.4, 0.5) is 8.78 Å². The molecule has 0 aliphatic heterocycles. The van der Waals surface area contributed by atoms with Gasteiger partial charge in [-0.2, -0.15) is 0 Å². The maximum Gasteiger partial charge on any atom is 0.576 e. The molecule has 21 heavy (non-hydrogen) atoms. The molecule has 0 radical (unpaired) electrons. The van der Waals surface area contributed by atoms with E-state index in [0.717, 1.165) is 0 Å². The lowest BCUT2D eigenvalue weighted by molar-refractivity contribution is 0.415. The van der Waals surface area contributed by atoms with E-state index in [1.165, 1.54) is 24.3 Å². The highest BCUT2D eigenvalue weighted by Crippen LogP contribution is 2.24. The van der Waals surface area contributed by atoms with Crippen LogP contribution in [0, 0.1) is 11.6 Å². The lowest BCUT2D eigenvalue weighted by atomic mass is 10.1. The average Bonchev–Trinajstić information content (AvgIpc) is 2.50. The number of halogens is 2. The monoisotopic (exact) mass is 292 g/mol. The molecular weight excluding hydrogens is 277 g/mol. The minimum Gasteiger partial charge on any atom is -0.526 e. The van der Waals surface area contributed by atoms with Crippen molar-refractivity contribution in [3.63, 3.8) is 0 Å². The van der Waals surface area contributed by atoms with E-state index < -0.39 is 11.6 Å². The number of nitrogens with two attached hydrogens (primary N) is 2. The van der Waals surface area contributed by atoms with Crippen molar-refractivity contribution in [2.75, 3.05) is 0 Å². The summed E-state index contributed by atoms with van der Waals surface area (Å²) in [5, 5.41) is 0. The summed E-state index contributed by atoms with van der Waals surface area (Å²) in [6.07, 6.45) is 0. The van der Waals surface area contributed by atoms with Crippen LogP contribution < -0.4 is 20.8 Å². The largest absolute Gasteiger partial charge is 0.576 e. The molecule has 0 saturated heterocycles. The first-order valence-corrected chi connectivity index (χ1v) is 6.38. The molecule has 0 saturated carbocycles. The highest BCUT2D eigenvalue weighted by atomic mass is 19.1. The third kappa shape index (κ3) is 3.50. The summed E-state index contributed by atoms with van der Waals surface area (Å²) in [6, 6.07) is 8.87. The van der Waals surface area contributed by atoms with Crippen molar-refractivity contribution in [2.24, 2.45) is 11.5 Å². The Morgan fingerprint density at radius 3 is 1.62 bits per heavy atom. The van der Waals surface area contributed by atoms with Crippen molar-refractivity contribution in [2.45, 2.75) is 13.1 Å². The van der Waals surface area contributed by atoms with Gasteiger partial charge in [-0.1, -0.05) is 24.3 Å². The molecule has 0 bridgehead atoms. The van der Waals surface area contributed by atoms with Crippen molar-refractivity contribution in [3.05, 3.63) is 59.2 Å². The van der Waals surface area contributed by atoms with Gasteiger partial charge in [-0.25, -0.2) is 8.78 Å². The zero-order valence-electron chi connectivity index (χ0n) is 11.3. The van der Waals surface area contributed by atoms with E-state index in [1.54, 1.807) is 12.1 Å². The topological polar surface area (TPSA) is 70.5 Å². The molecule has 0 heterocycles. The predicted molar refractivity (Wildman–Crippen MR) is 77.0 cm³/mol. The quantitative estimate of drug-likeness (QED) is 0.793. The number of rotatable bonds is 6. The first kappa shape index (κ1) is 15.3. The Labute approximate surface area is 122 Å². The lowest BCUT2D eigenvalue weighted by Crippen LogP contribution is -2.16. The lowest BCUT2D eigenvalue weighted by Gasteiger charge is -2.13. The molecular formula is C14H15BF2N2O2. The highest BCUT2D eigenvalue weighted by Gasteiger charge is 2.13. The van der Waals surface area contributed by atoms with Gasteiger partial charge >= 0.3 is 7.69 Å². The van der Waals surface area contributed by atoms with Gasteiger partial charge in [-0.3, -0.25) is 0 Å². The van der Waals surface area contributed by atoms with Crippen molar-refractivity contribution in [1.29, 1.82) is 0 Å². The van der Waals surface area contributed by atoms with E-state index in [-0.39, 0.29) is 32.3 Å². The molecule has 2 aromatic rings. The summed E-state index contributed by atoms with van der Waals surface area (Å²) in [7, 11) is -0.345. The summed E-state index contributed by atoms with van der Waals surface area (Å²) in [5.41, 5.74) is 12.0. The van der Waals surface area contributed by atoms with Gasteiger partial charge in [0.05, 0.1) is 0 Å². The Morgan fingerprint density at radius 1 is 0.810 bits per heavy atom. The SMILES string of the molecule is NCc1cccc(F)c1OBOc1c(F)cccc1CN. The Kier molecular flexibility index (Phi) is 5.13. The third-order valence-corrected chi connectivity index (χ3v) is 2.94. The zero-order valence-corrected chi connectivity index (χ0v) is 11.3. The zero-order chi connectivity index (χ0) is 15.2. The maximum absolute atomic E-state index is 13.7. The van der Waals surface area contributed by atoms with Crippen LogP contribution in [-0.2, 0) is 13.1 Å². The van der Waals surface area contributed by atoms with Gasteiger partial charge in [0.25, 0.3) is 0 Å². The minimum atomic E-state index is -0.547. The molecule has 0 spiro atoms. The van der Waals surface area contributed by atoms with E-state index in [1.807, 2.05) is 0 Å². The molecule has 0 aromatic heterocycles. The van der Waals surface area contributed by atoms with Crippen LogP contribution >= 0.6 is 0 Å². The molecule has 0 fully saturated rings. The average molecular weight is 292 g/mol. The van der Waals surface area contributed by atoms with Crippen LogP contribution in [-0.4, -0.2) is 7.69 Å². The second-order valence-corrected chi connectivity index (χ2v) is 4.27. The molecule has 2 aromatic carbocycles. The summed E-state index contributed by atoms with van der Waals surface area (Å²) in [4.78, 5) is 0. The van der Waals surface area contributed by atoms with Crippen LogP contribution in [0.2, 0.25) is 0 Å². The van der Waals surface area contributed by atoms with Gasteiger partial charge in [0.15, 0.2) is 11.6 Å². The standard InChI is InChI=1S/C14H15BF2N2O2/c16-11-5-1-3-9(7-18)13(11)20-15-21-14-10(8-19)4-2-6-12(14)17/h1-6,15H,7-8,18-19H2. The molecule has 0 unspecified atom stereocenters.